The van der Waals surface area contributed by atoms with E-state index in [1.807, 2.05) is 12.1 Å². The number of piperidine rings is 1. The Hall–Kier alpha value is -1.58. The first-order chi connectivity index (χ1) is 14.7. The minimum absolute atomic E-state index is 0. The van der Waals surface area contributed by atoms with E-state index in [0.29, 0.717) is 11.8 Å². The van der Waals surface area contributed by atoms with Crippen LogP contribution in [0.4, 0.5) is 4.39 Å². The number of nitrogens with zero attached hydrogens (tertiary/aromatic N) is 1. The molecule has 0 unspecified atom stereocenters. The van der Waals surface area contributed by atoms with Crippen molar-refractivity contribution < 1.29 is 9.13 Å². The third-order valence-corrected chi connectivity index (χ3v) is 6.98. The Kier molecular flexibility index (Phi) is 9.22. The second-order valence-corrected chi connectivity index (χ2v) is 9.16. The fraction of sp³-hybridized carbons (Fsp3) is 0.556. The van der Waals surface area contributed by atoms with Crippen molar-refractivity contribution in [3.8, 4) is 5.75 Å². The van der Waals surface area contributed by atoms with Crippen molar-refractivity contribution in [2.24, 2.45) is 5.92 Å². The van der Waals surface area contributed by atoms with E-state index in [1.54, 1.807) is 12.1 Å². The number of ether oxygens (including phenoxy) is 1. The Balaban J connectivity index is 0.00000272. The van der Waals surface area contributed by atoms with Crippen LogP contribution in [-0.4, -0.2) is 31.1 Å². The average molecular weight is 446 g/mol. The molecule has 2 aromatic carbocycles. The zero-order valence-corrected chi connectivity index (χ0v) is 19.6. The SMILES string of the molecule is CCCCCN1CC[C@@H](c2ccc(F)cc2)[C@H](COc2ccc3c(c2)CCCC3)C1.Cl. The van der Waals surface area contributed by atoms with Crippen molar-refractivity contribution in [2.45, 2.75) is 64.2 Å². The van der Waals surface area contributed by atoms with Gasteiger partial charge in [0.2, 0.25) is 0 Å². The van der Waals surface area contributed by atoms with E-state index >= 15 is 0 Å². The largest absolute Gasteiger partial charge is 0.493 e. The van der Waals surface area contributed by atoms with Crippen molar-refractivity contribution in [1.29, 1.82) is 0 Å². The summed E-state index contributed by atoms with van der Waals surface area (Å²) in [6.07, 6.45) is 9.94. The summed E-state index contributed by atoms with van der Waals surface area (Å²) < 4.78 is 19.8. The van der Waals surface area contributed by atoms with E-state index < -0.39 is 0 Å². The monoisotopic (exact) mass is 445 g/mol. The third-order valence-electron chi connectivity index (χ3n) is 6.98. The molecule has 1 aliphatic carbocycles. The highest BCUT2D eigenvalue weighted by atomic mass is 35.5. The van der Waals surface area contributed by atoms with Crippen LogP contribution in [0.3, 0.4) is 0 Å². The average Bonchev–Trinajstić information content (AvgIpc) is 2.78. The van der Waals surface area contributed by atoms with Gasteiger partial charge in [-0.2, -0.15) is 0 Å². The van der Waals surface area contributed by atoms with E-state index in [-0.39, 0.29) is 18.2 Å². The predicted molar refractivity (Wildman–Crippen MR) is 129 cm³/mol. The second-order valence-electron chi connectivity index (χ2n) is 9.16. The molecule has 2 aromatic rings. The van der Waals surface area contributed by atoms with Crippen LogP contribution in [-0.2, 0) is 12.8 Å². The van der Waals surface area contributed by atoms with Crippen LogP contribution in [0.5, 0.6) is 5.75 Å². The van der Waals surface area contributed by atoms with Gasteiger partial charge >= 0.3 is 0 Å². The van der Waals surface area contributed by atoms with Gasteiger partial charge < -0.3 is 9.64 Å². The summed E-state index contributed by atoms with van der Waals surface area (Å²) in [5.41, 5.74) is 4.22. The molecule has 1 aliphatic heterocycles. The standard InChI is InChI=1S/C27H36FNO.ClH/c1-2-3-6-16-29-17-15-27(22-9-12-25(28)13-10-22)24(19-29)20-30-26-14-11-21-7-4-5-8-23(21)18-26;/h9-14,18,24,27H,2-8,15-17,19-20H2,1H3;1H/t24-,27-;/m0./s1. The highest BCUT2D eigenvalue weighted by Gasteiger charge is 2.31. The fourth-order valence-corrected chi connectivity index (χ4v) is 5.22. The molecule has 1 saturated heterocycles. The summed E-state index contributed by atoms with van der Waals surface area (Å²) in [7, 11) is 0. The number of benzene rings is 2. The number of halogens is 2. The predicted octanol–water partition coefficient (Wildman–Crippen LogP) is 6.80. The third kappa shape index (κ3) is 6.46. The zero-order valence-electron chi connectivity index (χ0n) is 18.8. The number of likely N-dealkylation sites (tertiary alicyclic amines) is 1. The molecule has 31 heavy (non-hydrogen) atoms. The molecule has 0 amide bonds. The van der Waals surface area contributed by atoms with Gasteiger partial charge in [-0.05, 0) is 98.5 Å². The Morgan fingerprint density at radius 1 is 1.00 bits per heavy atom. The zero-order chi connectivity index (χ0) is 20.8. The van der Waals surface area contributed by atoms with Gasteiger partial charge in [-0.15, -0.1) is 12.4 Å². The lowest BCUT2D eigenvalue weighted by atomic mass is 9.80. The van der Waals surface area contributed by atoms with E-state index in [4.69, 9.17) is 4.74 Å². The normalized spacial score (nSPS) is 21.2. The number of hydrogen-bond donors (Lipinski definition) is 0. The van der Waals surface area contributed by atoms with E-state index in [0.717, 1.165) is 31.9 Å². The molecule has 1 heterocycles. The van der Waals surface area contributed by atoms with Crippen LogP contribution in [0, 0.1) is 11.7 Å². The first-order valence-electron chi connectivity index (χ1n) is 12.0. The van der Waals surface area contributed by atoms with Crippen molar-refractivity contribution in [3.05, 3.63) is 65.0 Å². The van der Waals surface area contributed by atoms with Gasteiger partial charge in [0.15, 0.2) is 0 Å². The van der Waals surface area contributed by atoms with Crippen LogP contribution < -0.4 is 4.74 Å². The molecule has 2 aliphatic rings. The molecule has 2 nitrogen and oxygen atoms in total. The van der Waals surface area contributed by atoms with E-state index in [9.17, 15) is 4.39 Å². The molecule has 0 bridgehead atoms. The van der Waals surface area contributed by atoms with Crippen LogP contribution in [0.2, 0.25) is 0 Å². The Bertz CT molecular complexity index is 809. The first kappa shape index (κ1) is 24.1. The highest BCUT2D eigenvalue weighted by Crippen LogP contribution is 2.34. The summed E-state index contributed by atoms with van der Waals surface area (Å²) in [6, 6.07) is 13.8. The molecule has 4 heteroatoms. The highest BCUT2D eigenvalue weighted by molar-refractivity contribution is 5.85. The molecule has 2 atom stereocenters. The minimum Gasteiger partial charge on any atom is -0.493 e. The quantitative estimate of drug-likeness (QED) is 0.414. The van der Waals surface area contributed by atoms with Gasteiger partial charge in [-0.3, -0.25) is 0 Å². The second kappa shape index (κ2) is 11.9. The molecule has 0 spiro atoms. The van der Waals surface area contributed by atoms with Gasteiger partial charge in [0, 0.05) is 12.5 Å². The van der Waals surface area contributed by atoms with Crippen LogP contribution >= 0.6 is 12.4 Å². The Morgan fingerprint density at radius 3 is 2.55 bits per heavy atom. The van der Waals surface area contributed by atoms with E-state index in [2.05, 4.69) is 30.0 Å². The smallest absolute Gasteiger partial charge is 0.123 e. The summed E-state index contributed by atoms with van der Waals surface area (Å²) in [4.78, 5) is 2.61. The first-order valence-corrected chi connectivity index (χ1v) is 12.0. The Labute approximate surface area is 193 Å². The van der Waals surface area contributed by atoms with Gasteiger partial charge in [-0.1, -0.05) is 38.0 Å². The molecule has 4 rings (SSSR count). The van der Waals surface area contributed by atoms with Crippen LogP contribution in [0.25, 0.3) is 0 Å². The number of rotatable bonds is 8. The van der Waals surface area contributed by atoms with Crippen molar-refractivity contribution in [3.63, 3.8) is 0 Å². The molecule has 0 aromatic heterocycles. The molecule has 0 saturated carbocycles. The van der Waals surface area contributed by atoms with Crippen molar-refractivity contribution >= 4 is 12.4 Å². The number of unbranched alkanes of at least 4 members (excludes halogenated alkanes) is 2. The van der Waals surface area contributed by atoms with Crippen molar-refractivity contribution in [1.82, 2.24) is 4.90 Å². The number of aryl methyl sites for hydroxylation is 2. The van der Waals surface area contributed by atoms with Crippen LogP contribution in [0.1, 0.15) is 68.1 Å². The lowest BCUT2D eigenvalue weighted by Crippen LogP contribution is -2.42. The molecule has 0 radical (unpaired) electrons. The van der Waals surface area contributed by atoms with Crippen molar-refractivity contribution in [2.75, 3.05) is 26.2 Å². The lowest BCUT2D eigenvalue weighted by molar-refractivity contribution is 0.109. The van der Waals surface area contributed by atoms with Gasteiger partial charge in [0.05, 0.1) is 6.61 Å². The van der Waals surface area contributed by atoms with Crippen LogP contribution in [0.15, 0.2) is 42.5 Å². The number of hydrogen-bond acceptors (Lipinski definition) is 2. The Morgan fingerprint density at radius 2 is 1.77 bits per heavy atom. The molecule has 170 valence electrons. The maximum atomic E-state index is 13.5. The summed E-state index contributed by atoms with van der Waals surface area (Å²) in [5, 5.41) is 0. The molecule has 0 N–H and O–H groups in total. The topological polar surface area (TPSA) is 12.5 Å². The lowest BCUT2D eigenvalue weighted by Gasteiger charge is -2.39. The molecular weight excluding hydrogens is 409 g/mol. The minimum atomic E-state index is -0.155. The summed E-state index contributed by atoms with van der Waals surface area (Å²) >= 11 is 0. The van der Waals surface area contributed by atoms with Gasteiger partial charge in [0.1, 0.15) is 11.6 Å². The van der Waals surface area contributed by atoms with Gasteiger partial charge in [0.25, 0.3) is 0 Å². The number of fused-ring (bicyclic) bond motifs is 1. The molecular formula is C27H37ClFNO. The summed E-state index contributed by atoms with van der Waals surface area (Å²) in [6.45, 7) is 6.36. The maximum Gasteiger partial charge on any atom is 0.123 e. The fourth-order valence-electron chi connectivity index (χ4n) is 5.22. The van der Waals surface area contributed by atoms with Gasteiger partial charge in [-0.25, -0.2) is 4.39 Å². The maximum absolute atomic E-state index is 13.5. The summed E-state index contributed by atoms with van der Waals surface area (Å²) in [5.74, 6) is 1.72. The van der Waals surface area contributed by atoms with E-state index in [1.165, 1.54) is 68.2 Å². The molecule has 1 fully saturated rings.